The van der Waals surface area contributed by atoms with Crippen LogP contribution in [0.15, 0.2) is 42.5 Å². The number of phenolic OH excluding ortho intramolecular Hbond substituents is 1. The van der Waals surface area contributed by atoms with E-state index in [0.717, 1.165) is 0 Å². The van der Waals surface area contributed by atoms with Crippen LogP contribution in [-0.2, 0) is 0 Å². The van der Waals surface area contributed by atoms with Crippen LogP contribution >= 0.6 is 0 Å². The van der Waals surface area contributed by atoms with E-state index in [9.17, 15) is 19.1 Å². The number of carbonyl (C=O) groups excluding carboxylic acids is 2. The second-order valence-electron chi connectivity index (χ2n) is 7.02. The summed E-state index contributed by atoms with van der Waals surface area (Å²) in [7, 11) is 1.43. The summed E-state index contributed by atoms with van der Waals surface area (Å²) in [6.45, 7) is 4.28. The first-order valence-electron chi connectivity index (χ1n) is 9.06. The third-order valence-electron chi connectivity index (χ3n) is 4.94. The molecule has 148 valence electrons. The third kappa shape index (κ3) is 3.78. The van der Waals surface area contributed by atoms with E-state index in [1.165, 1.54) is 31.4 Å². The molecule has 2 aromatic rings. The molecule has 1 heterocycles. The molecule has 2 amide bonds. The predicted molar refractivity (Wildman–Crippen MR) is 102 cm³/mol. The first-order valence-corrected chi connectivity index (χ1v) is 9.06. The Balaban J connectivity index is 1.77. The number of hydrogen-bond donors (Lipinski definition) is 1. The van der Waals surface area contributed by atoms with Crippen molar-refractivity contribution in [2.75, 3.05) is 20.2 Å². The largest absolute Gasteiger partial charge is 0.508 e. The van der Waals surface area contributed by atoms with E-state index >= 15 is 0 Å². The Morgan fingerprint density at radius 3 is 2.32 bits per heavy atom. The average molecular weight is 386 g/mol. The van der Waals surface area contributed by atoms with Crippen molar-refractivity contribution in [2.45, 2.75) is 25.9 Å². The third-order valence-corrected chi connectivity index (χ3v) is 4.94. The number of amides is 2. The van der Waals surface area contributed by atoms with Gasteiger partial charge in [0.15, 0.2) is 0 Å². The number of rotatable bonds is 3. The maximum atomic E-state index is 14.3. The summed E-state index contributed by atoms with van der Waals surface area (Å²) in [4.78, 5) is 29.0. The summed E-state index contributed by atoms with van der Waals surface area (Å²) in [5.74, 6) is -0.892. The zero-order valence-corrected chi connectivity index (χ0v) is 16.1. The van der Waals surface area contributed by atoms with E-state index in [2.05, 4.69) is 0 Å². The van der Waals surface area contributed by atoms with Crippen LogP contribution in [0, 0.1) is 5.82 Å². The van der Waals surface area contributed by atoms with Gasteiger partial charge in [-0.15, -0.1) is 0 Å². The maximum absolute atomic E-state index is 14.3. The fourth-order valence-corrected chi connectivity index (χ4v) is 3.64. The molecular formula is C21H23FN2O4. The lowest BCUT2D eigenvalue weighted by Gasteiger charge is -2.44. The maximum Gasteiger partial charge on any atom is 0.256 e. The molecule has 6 nitrogen and oxygen atoms in total. The summed E-state index contributed by atoms with van der Waals surface area (Å²) < 4.78 is 19.3. The Morgan fingerprint density at radius 1 is 1.07 bits per heavy atom. The van der Waals surface area contributed by atoms with Crippen molar-refractivity contribution < 1.29 is 23.8 Å². The predicted octanol–water partition coefficient (Wildman–Crippen LogP) is 2.92. The molecule has 0 saturated carbocycles. The summed E-state index contributed by atoms with van der Waals surface area (Å²) in [5.41, 5.74) is 0.368. The number of methoxy groups -OCH3 is 1. The number of benzene rings is 2. The molecule has 1 fully saturated rings. The minimum absolute atomic E-state index is 0.0204. The van der Waals surface area contributed by atoms with Crippen molar-refractivity contribution in [3.8, 4) is 11.5 Å². The Bertz CT molecular complexity index is 890. The topological polar surface area (TPSA) is 70.1 Å². The molecule has 0 aromatic heterocycles. The van der Waals surface area contributed by atoms with Crippen LogP contribution < -0.4 is 4.74 Å². The lowest BCUT2D eigenvalue weighted by Crippen LogP contribution is -2.59. The van der Waals surface area contributed by atoms with E-state index in [1.807, 2.05) is 13.8 Å². The van der Waals surface area contributed by atoms with E-state index in [1.54, 1.807) is 28.0 Å². The highest BCUT2D eigenvalue weighted by Gasteiger charge is 2.36. The van der Waals surface area contributed by atoms with Gasteiger partial charge in [0.05, 0.1) is 12.7 Å². The van der Waals surface area contributed by atoms with Crippen LogP contribution in [0.25, 0.3) is 0 Å². The van der Waals surface area contributed by atoms with Crippen LogP contribution in [0.3, 0.4) is 0 Å². The molecule has 7 heteroatoms. The van der Waals surface area contributed by atoms with Gasteiger partial charge >= 0.3 is 0 Å². The highest BCUT2D eigenvalue weighted by atomic mass is 19.1. The molecule has 1 N–H and O–H groups in total. The number of hydrogen-bond acceptors (Lipinski definition) is 4. The Hall–Kier alpha value is -3.09. The van der Waals surface area contributed by atoms with Gasteiger partial charge in [0.2, 0.25) is 0 Å². The van der Waals surface area contributed by atoms with Gasteiger partial charge in [0.25, 0.3) is 11.8 Å². The summed E-state index contributed by atoms with van der Waals surface area (Å²) >= 11 is 0. The molecular weight excluding hydrogens is 363 g/mol. The van der Waals surface area contributed by atoms with Crippen molar-refractivity contribution in [1.29, 1.82) is 0 Å². The number of ether oxygens (including phenoxy) is 1. The van der Waals surface area contributed by atoms with Gasteiger partial charge < -0.3 is 19.6 Å². The number of piperazine rings is 1. The lowest BCUT2D eigenvalue weighted by molar-refractivity contribution is 0.0252. The van der Waals surface area contributed by atoms with Crippen molar-refractivity contribution in [2.24, 2.45) is 0 Å². The quantitative estimate of drug-likeness (QED) is 0.881. The molecule has 0 radical (unpaired) electrons. The minimum atomic E-state index is -0.636. The van der Waals surface area contributed by atoms with Gasteiger partial charge in [-0.3, -0.25) is 9.59 Å². The molecule has 0 unspecified atom stereocenters. The fourth-order valence-electron chi connectivity index (χ4n) is 3.64. The van der Waals surface area contributed by atoms with Crippen molar-refractivity contribution in [3.05, 3.63) is 59.4 Å². The van der Waals surface area contributed by atoms with Gasteiger partial charge in [0.1, 0.15) is 17.3 Å². The van der Waals surface area contributed by atoms with Gasteiger partial charge in [-0.25, -0.2) is 4.39 Å². The molecule has 1 aliphatic heterocycles. The molecule has 1 saturated heterocycles. The van der Waals surface area contributed by atoms with Gasteiger partial charge in [-0.1, -0.05) is 6.07 Å². The monoisotopic (exact) mass is 386 g/mol. The van der Waals surface area contributed by atoms with E-state index < -0.39 is 11.7 Å². The van der Waals surface area contributed by atoms with Gasteiger partial charge in [-0.05, 0) is 44.2 Å². The lowest BCUT2D eigenvalue weighted by atomic mass is 10.0. The number of aromatic hydroxyl groups is 1. The average Bonchev–Trinajstić information content (AvgIpc) is 2.66. The molecule has 2 atom stereocenters. The molecule has 0 bridgehead atoms. The zero-order chi connectivity index (χ0) is 20.4. The molecule has 0 aliphatic carbocycles. The highest BCUT2D eigenvalue weighted by molar-refractivity contribution is 5.96. The molecule has 0 spiro atoms. The number of carbonyl (C=O) groups is 2. The minimum Gasteiger partial charge on any atom is -0.508 e. The fraction of sp³-hybridized carbons (Fsp3) is 0.333. The number of phenols is 1. The second-order valence-corrected chi connectivity index (χ2v) is 7.02. The second kappa shape index (κ2) is 7.88. The van der Waals surface area contributed by atoms with Crippen LogP contribution in [-0.4, -0.2) is 59.0 Å². The molecule has 28 heavy (non-hydrogen) atoms. The standard InChI is InChI=1S/C21H23FN2O4/c1-13-11-23(21(27)18-8-7-17(28-3)10-19(18)22)12-14(2)24(13)20(26)15-5-4-6-16(25)9-15/h4-10,13-14,25H,11-12H2,1-3H3/t13-,14-/m1/s1. The van der Waals surface area contributed by atoms with Crippen LogP contribution in [0.4, 0.5) is 4.39 Å². The first-order chi connectivity index (χ1) is 13.3. The number of nitrogens with zero attached hydrogens (tertiary/aromatic N) is 2. The normalized spacial score (nSPS) is 19.4. The summed E-state index contributed by atoms with van der Waals surface area (Å²) in [6.07, 6.45) is 0. The van der Waals surface area contributed by atoms with Crippen molar-refractivity contribution >= 4 is 11.8 Å². The Morgan fingerprint density at radius 2 is 1.75 bits per heavy atom. The zero-order valence-electron chi connectivity index (χ0n) is 16.1. The molecule has 3 rings (SSSR count). The first kappa shape index (κ1) is 19.7. The van der Waals surface area contributed by atoms with Crippen LogP contribution in [0.1, 0.15) is 34.6 Å². The summed E-state index contributed by atoms with van der Waals surface area (Å²) in [6, 6.07) is 9.81. The number of halogens is 1. The van der Waals surface area contributed by atoms with E-state index in [4.69, 9.17) is 4.74 Å². The Labute approximate surface area is 163 Å². The van der Waals surface area contributed by atoms with E-state index in [-0.39, 0.29) is 29.3 Å². The highest BCUT2D eigenvalue weighted by Crippen LogP contribution is 2.24. The molecule has 1 aliphatic rings. The summed E-state index contributed by atoms with van der Waals surface area (Å²) in [5, 5.41) is 9.63. The van der Waals surface area contributed by atoms with E-state index in [0.29, 0.717) is 24.4 Å². The van der Waals surface area contributed by atoms with Gasteiger partial charge in [-0.2, -0.15) is 0 Å². The smallest absolute Gasteiger partial charge is 0.256 e. The van der Waals surface area contributed by atoms with Crippen LogP contribution in [0.5, 0.6) is 11.5 Å². The van der Waals surface area contributed by atoms with Crippen molar-refractivity contribution in [3.63, 3.8) is 0 Å². The SMILES string of the molecule is COc1ccc(C(=O)N2C[C@@H](C)N(C(=O)c3cccc(O)c3)[C@H](C)C2)c(F)c1. The Kier molecular flexibility index (Phi) is 5.53. The van der Waals surface area contributed by atoms with Gasteiger partial charge in [0, 0.05) is 36.8 Å². The molecule has 2 aromatic carbocycles. The van der Waals surface area contributed by atoms with Crippen LogP contribution in [0.2, 0.25) is 0 Å². The van der Waals surface area contributed by atoms with Crippen molar-refractivity contribution in [1.82, 2.24) is 9.80 Å².